The maximum Gasteiger partial charge on any atom is 0.306 e. The second kappa shape index (κ2) is 7.30. The second-order valence-electron chi connectivity index (χ2n) is 4.93. The summed E-state index contributed by atoms with van der Waals surface area (Å²) in [6, 6.07) is 7.45. The molecule has 1 aliphatic rings. The van der Waals surface area contributed by atoms with Gasteiger partial charge in [0.05, 0.1) is 35.9 Å². The minimum Gasteiger partial charge on any atom is -0.469 e. The van der Waals surface area contributed by atoms with Crippen molar-refractivity contribution in [1.82, 2.24) is 4.90 Å². The van der Waals surface area contributed by atoms with Crippen LogP contribution in [0.1, 0.15) is 12.0 Å². The molecule has 0 spiro atoms. The summed E-state index contributed by atoms with van der Waals surface area (Å²) >= 11 is 6.23. The first kappa shape index (κ1) is 15.6. The number of hydrogen-bond donors (Lipinski definition) is 0. The molecular weight excluding hydrogens is 290 g/mol. The number of methoxy groups -OCH3 is 1. The lowest BCUT2D eigenvalue weighted by molar-refractivity contribution is -0.141. The Morgan fingerprint density at radius 1 is 1.38 bits per heavy atom. The first-order chi connectivity index (χ1) is 10.1. The fourth-order valence-corrected chi connectivity index (χ4v) is 2.70. The van der Waals surface area contributed by atoms with Crippen LogP contribution in [0.25, 0.3) is 0 Å². The Morgan fingerprint density at radius 2 is 2.10 bits per heavy atom. The van der Waals surface area contributed by atoms with Gasteiger partial charge in [-0.25, -0.2) is 0 Å². The summed E-state index contributed by atoms with van der Waals surface area (Å²) < 4.78 is 4.65. The van der Waals surface area contributed by atoms with Crippen LogP contribution in [0.15, 0.2) is 18.2 Å². The smallest absolute Gasteiger partial charge is 0.306 e. The molecule has 1 saturated heterocycles. The summed E-state index contributed by atoms with van der Waals surface area (Å²) in [6.45, 7) is 4.20. The molecule has 0 N–H and O–H groups in total. The van der Waals surface area contributed by atoms with Crippen LogP contribution in [-0.4, -0.2) is 50.7 Å². The number of esters is 1. The fourth-order valence-electron chi connectivity index (χ4n) is 2.40. The van der Waals surface area contributed by atoms with E-state index in [0.29, 0.717) is 17.0 Å². The van der Waals surface area contributed by atoms with Gasteiger partial charge in [0, 0.05) is 32.7 Å². The number of hydrogen-bond acceptors (Lipinski definition) is 5. The maximum absolute atomic E-state index is 11.1. The Balaban J connectivity index is 1.89. The molecule has 5 nitrogen and oxygen atoms in total. The Hall–Kier alpha value is -1.77. The van der Waals surface area contributed by atoms with E-state index < -0.39 is 0 Å². The average molecular weight is 308 g/mol. The third kappa shape index (κ3) is 4.10. The van der Waals surface area contributed by atoms with Crippen molar-refractivity contribution in [2.75, 3.05) is 44.7 Å². The van der Waals surface area contributed by atoms with Gasteiger partial charge in [0.1, 0.15) is 0 Å². The number of benzene rings is 1. The van der Waals surface area contributed by atoms with E-state index in [2.05, 4.69) is 20.6 Å². The summed E-state index contributed by atoms with van der Waals surface area (Å²) in [5.41, 5.74) is 1.53. The molecule has 0 bridgehead atoms. The Labute approximate surface area is 129 Å². The van der Waals surface area contributed by atoms with Crippen LogP contribution in [0, 0.1) is 11.3 Å². The van der Waals surface area contributed by atoms with Crippen molar-refractivity contribution in [1.29, 1.82) is 5.26 Å². The van der Waals surface area contributed by atoms with Crippen LogP contribution in [0.4, 0.5) is 5.69 Å². The van der Waals surface area contributed by atoms with Crippen LogP contribution < -0.4 is 4.90 Å². The van der Waals surface area contributed by atoms with E-state index in [1.807, 2.05) is 6.07 Å². The van der Waals surface area contributed by atoms with E-state index >= 15 is 0 Å². The van der Waals surface area contributed by atoms with Gasteiger partial charge in [0.2, 0.25) is 0 Å². The summed E-state index contributed by atoms with van der Waals surface area (Å²) in [4.78, 5) is 15.6. The second-order valence-corrected chi connectivity index (χ2v) is 5.34. The van der Waals surface area contributed by atoms with E-state index in [4.69, 9.17) is 16.9 Å². The third-order valence-electron chi connectivity index (χ3n) is 3.65. The number of piperazine rings is 1. The summed E-state index contributed by atoms with van der Waals surface area (Å²) in [6.07, 6.45) is 0.425. The van der Waals surface area contributed by atoms with Crippen LogP contribution in [0.2, 0.25) is 5.02 Å². The number of carbonyl (C=O) groups excluding carboxylic acids is 1. The predicted octanol–water partition coefficient (Wildman–Crippen LogP) is 1.90. The Kier molecular flexibility index (Phi) is 5.43. The number of rotatable bonds is 4. The molecule has 2 rings (SSSR count). The highest BCUT2D eigenvalue weighted by Crippen LogP contribution is 2.27. The van der Waals surface area contributed by atoms with Gasteiger partial charge < -0.3 is 9.64 Å². The van der Waals surface area contributed by atoms with Gasteiger partial charge in [-0.1, -0.05) is 11.6 Å². The van der Waals surface area contributed by atoms with E-state index in [1.165, 1.54) is 7.11 Å². The van der Waals surface area contributed by atoms with Crippen molar-refractivity contribution in [3.8, 4) is 6.07 Å². The van der Waals surface area contributed by atoms with Gasteiger partial charge in [-0.3, -0.25) is 9.69 Å². The molecule has 1 fully saturated rings. The first-order valence-corrected chi connectivity index (χ1v) is 7.25. The summed E-state index contributed by atoms with van der Waals surface area (Å²) in [5.74, 6) is -0.174. The van der Waals surface area contributed by atoms with E-state index in [-0.39, 0.29) is 5.97 Å². The molecule has 0 aliphatic carbocycles. The van der Waals surface area contributed by atoms with E-state index in [1.54, 1.807) is 12.1 Å². The van der Waals surface area contributed by atoms with Crippen molar-refractivity contribution < 1.29 is 9.53 Å². The average Bonchev–Trinajstić information content (AvgIpc) is 2.53. The van der Waals surface area contributed by atoms with Crippen LogP contribution in [0.5, 0.6) is 0 Å². The number of halogens is 1. The van der Waals surface area contributed by atoms with Gasteiger partial charge in [-0.2, -0.15) is 5.26 Å². The van der Waals surface area contributed by atoms with Crippen LogP contribution >= 0.6 is 11.6 Å². The van der Waals surface area contributed by atoms with Gasteiger partial charge in [0.25, 0.3) is 0 Å². The highest BCUT2D eigenvalue weighted by Gasteiger charge is 2.19. The minimum atomic E-state index is -0.174. The molecule has 21 heavy (non-hydrogen) atoms. The molecule has 0 radical (unpaired) electrons. The number of nitrogens with zero attached hydrogens (tertiary/aromatic N) is 3. The maximum atomic E-state index is 11.1. The fraction of sp³-hybridized carbons (Fsp3) is 0.467. The standard InChI is InChI=1S/C15H18ClN3O2/c1-21-15(20)4-5-18-6-8-19(9-7-18)14-3-2-12(11-17)10-13(14)16/h2-3,10H,4-9H2,1H3. The Morgan fingerprint density at radius 3 is 2.67 bits per heavy atom. The molecule has 0 saturated carbocycles. The lowest BCUT2D eigenvalue weighted by Gasteiger charge is -2.36. The zero-order valence-corrected chi connectivity index (χ0v) is 12.8. The van der Waals surface area contributed by atoms with Crippen LogP contribution in [0.3, 0.4) is 0 Å². The molecule has 6 heteroatoms. The molecule has 1 heterocycles. The van der Waals surface area contributed by atoms with E-state index in [0.717, 1.165) is 38.4 Å². The monoisotopic (exact) mass is 307 g/mol. The first-order valence-electron chi connectivity index (χ1n) is 6.88. The summed E-state index contributed by atoms with van der Waals surface area (Å²) in [7, 11) is 1.41. The number of anilines is 1. The summed E-state index contributed by atoms with van der Waals surface area (Å²) in [5, 5.41) is 9.46. The molecule has 1 aliphatic heterocycles. The number of nitriles is 1. The predicted molar refractivity (Wildman–Crippen MR) is 81.5 cm³/mol. The van der Waals surface area contributed by atoms with Crippen molar-refractivity contribution in [3.63, 3.8) is 0 Å². The van der Waals surface area contributed by atoms with Crippen molar-refractivity contribution in [3.05, 3.63) is 28.8 Å². The SMILES string of the molecule is COC(=O)CCN1CCN(c2ccc(C#N)cc2Cl)CC1. The highest BCUT2D eigenvalue weighted by molar-refractivity contribution is 6.33. The van der Waals surface area contributed by atoms with Crippen LogP contribution in [-0.2, 0) is 9.53 Å². The van der Waals surface area contributed by atoms with Crippen molar-refractivity contribution >= 4 is 23.3 Å². The molecule has 0 atom stereocenters. The molecular formula is C15H18ClN3O2. The molecule has 0 aromatic heterocycles. The Bertz CT molecular complexity index is 548. The molecule has 1 aromatic carbocycles. The van der Waals surface area contributed by atoms with Crippen molar-refractivity contribution in [2.24, 2.45) is 0 Å². The molecule has 112 valence electrons. The lowest BCUT2D eigenvalue weighted by atomic mass is 10.2. The van der Waals surface area contributed by atoms with Gasteiger partial charge >= 0.3 is 5.97 Å². The van der Waals surface area contributed by atoms with Gasteiger partial charge in [-0.15, -0.1) is 0 Å². The number of carbonyl (C=O) groups is 1. The molecule has 0 amide bonds. The molecule has 0 unspecified atom stereocenters. The van der Waals surface area contributed by atoms with E-state index in [9.17, 15) is 4.79 Å². The number of ether oxygens (including phenoxy) is 1. The quantitative estimate of drug-likeness (QED) is 0.795. The van der Waals surface area contributed by atoms with Crippen molar-refractivity contribution in [2.45, 2.75) is 6.42 Å². The minimum absolute atomic E-state index is 0.174. The molecule has 1 aromatic rings. The zero-order chi connectivity index (χ0) is 15.2. The highest BCUT2D eigenvalue weighted by atomic mass is 35.5. The zero-order valence-electron chi connectivity index (χ0n) is 12.0. The topological polar surface area (TPSA) is 56.6 Å². The lowest BCUT2D eigenvalue weighted by Crippen LogP contribution is -2.47. The normalized spacial score (nSPS) is 15.6. The van der Waals surface area contributed by atoms with Gasteiger partial charge in [0.15, 0.2) is 0 Å². The largest absolute Gasteiger partial charge is 0.469 e. The third-order valence-corrected chi connectivity index (χ3v) is 3.95. The van der Waals surface area contributed by atoms with Gasteiger partial charge in [-0.05, 0) is 18.2 Å².